The van der Waals surface area contributed by atoms with Crippen LogP contribution in [0.3, 0.4) is 0 Å². The van der Waals surface area contributed by atoms with E-state index in [1.165, 1.54) is 16.2 Å². The molecule has 2 unspecified atom stereocenters. The van der Waals surface area contributed by atoms with Crippen LogP contribution in [0.15, 0.2) is 23.2 Å². The molecule has 2 aliphatic rings. The fraction of sp³-hybridized carbons (Fsp3) is 0.579. The van der Waals surface area contributed by atoms with Gasteiger partial charge < -0.3 is 9.64 Å². The van der Waals surface area contributed by atoms with Gasteiger partial charge in [0.2, 0.25) is 0 Å². The first-order chi connectivity index (χ1) is 12.0. The summed E-state index contributed by atoms with van der Waals surface area (Å²) in [5, 5.41) is 1.95. The molecule has 0 aliphatic carbocycles. The molecule has 0 radical (unpaired) electrons. The fourth-order valence-corrected chi connectivity index (χ4v) is 4.35. The predicted molar refractivity (Wildman–Crippen MR) is 99.1 cm³/mol. The van der Waals surface area contributed by atoms with E-state index in [0.717, 1.165) is 24.1 Å². The molecule has 2 atom stereocenters. The third kappa shape index (κ3) is 3.65. The summed E-state index contributed by atoms with van der Waals surface area (Å²) in [6.45, 7) is 7.90. The van der Waals surface area contributed by atoms with E-state index < -0.39 is 0 Å². The lowest BCUT2D eigenvalue weighted by atomic mass is 10.1. The van der Waals surface area contributed by atoms with E-state index in [1.807, 2.05) is 36.3 Å². The first kappa shape index (κ1) is 18.1. The molecular formula is C19H26N2O3S. The average Bonchev–Trinajstić information content (AvgIpc) is 3.15. The summed E-state index contributed by atoms with van der Waals surface area (Å²) in [7, 11) is 0. The third-order valence-electron chi connectivity index (χ3n) is 4.63. The van der Waals surface area contributed by atoms with E-state index >= 15 is 0 Å². The highest BCUT2D eigenvalue weighted by Crippen LogP contribution is 2.35. The van der Waals surface area contributed by atoms with Crippen molar-refractivity contribution in [3.8, 4) is 0 Å². The molecular weight excluding hydrogens is 336 g/mol. The van der Waals surface area contributed by atoms with Gasteiger partial charge in [0.25, 0.3) is 11.8 Å². The monoisotopic (exact) mass is 362 g/mol. The first-order valence-electron chi connectivity index (χ1n) is 9.07. The molecule has 0 aromatic carbocycles. The van der Waals surface area contributed by atoms with Crippen LogP contribution in [-0.2, 0) is 14.3 Å². The van der Waals surface area contributed by atoms with Crippen molar-refractivity contribution in [3.63, 3.8) is 0 Å². The van der Waals surface area contributed by atoms with Crippen LogP contribution in [0.25, 0.3) is 5.57 Å². The van der Waals surface area contributed by atoms with Gasteiger partial charge in [-0.25, -0.2) is 0 Å². The van der Waals surface area contributed by atoms with Crippen molar-refractivity contribution >= 4 is 28.7 Å². The normalized spacial score (nSPS) is 24.6. The van der Waals surface area contributed by atoms with E-state index in [1.54, 1.807) is 0 Å². The largest absolute Gasteiger partial charge is 0.372 e. The number of ether oxygens (including phenoxy) is 1. The average molecular weight is 362 g/mol. The number of unbranched alkanes of at least 4 members (excludes halogenated alkanes) is 2. The molecule has 0 bridgehead atoms. The molecule has 1 aromatic heterocycles. The number of rotatable bonds is 6. The number of carbonyl (C=O) groups is 2. The highest BCUT2D eigenvalue weighted by atomic mass is 32.1. The van der Waals surface area contributed by atoms with E-state index in [4.69, 9.17) is 4.74 Å². The maximum absolute atomic E-state index is 13.1. The molecule has 6 heteroatoms. The molecule has 1 fully saturated rings. The second-order valence-corrected chi connectivity index (χ2v) is 7.78. The van der Waals surface area contributed by atoms with Crippen LogP contribution in [0.5, 0.6) is 0 Å². The fourth-order valence-electron chi connectivity index (χ4n) is 3.58. The Morgan fingerprint density at radius 1 is 1.16 bits per heavy atom. The number of morpholine rings is 1. The van der Waals surface area contributed by atoms with Crippen molar-refractivity contribution in [3.05, 3.63) is 28.1 Å². The van der Waals surface area contributed by atoms with Gasteiger partial charge in [0.05, 0.1) is 17.8 Å². The van der Waals surface area contributed by atoms with Crippen molar-refractivity contribution in [2.75, 3.05) is 19.6 Å². The summed E-state index contributed by atoms with van der Waals surface area (Å²) in [6, 6.07) is 3.85. The van der Waals surface area contributed by atoms with Gasteiger partial charge in [-0.3, -0.25) is 14.5 Å². The summed E-state index contributed by atoms with van der Waals surface area (Å²) in [5.74, 6) is -0.295. The smallest absolute Gasteiger partial charge is 0.277 e. The Labute approximate surface area is 153 Å². The lowest BCUT2D eigenvalue weighted by Crippen LogP contribution is -2.47. The second-order valence-electron chi connectivity index (χ2n) is 6.83. The number of nitrogens with zero attached hydrogens (tertiary/aromatic N) is 2. The maximum Gasteiger partial charge on any atom is 0.277 e. The molecule has 3 heterocycles. The molecule has 5 nitrogen and oxygen atoms in total. The van der Waals surface area contributed by atoms with Gasteiger partial charge in [-0.2, -0.15) is 0 Å². The van der Waals surface area contributed by atoms with Crippen molar-refractivity contribution in [2.24, 2.45) is 0 Å². The molecule has 1 saturated heterocycles. The van der Waals surface area contributed by atoms with E-state index in [9.17, 15) is 9.59 Å². The predicted octanol–water partition coefficient (Wildman–Crippen LogP) is 3.13. The lowest BCUT2D eigenvalue weighted by molar-refractivity contribution is -0.138. The Kier molecular flexibility index (Phi) is 5.59. The van der Waals surface area contributed by atoms with Gasteiger partial charge in [-0.15, -0.1) is 11.3 Å². The third-order valence-corrected chi connectivity index (χ3v) is 5.52. The minimum absolute atomic E-state index is 0.0397. The molecule has 2 amide bonds. The van der Waals surface area contributed by atoms with E-state index in [-0.39, 0.29) is 24.0 Å². The second kappa shape index (κ2) is 7.70. The highest BCUT2D eigenvalue weighted by Gasteiger charge is 2.43. The zero-order valence-electron chi connectivity index (χ0n) is 15.2. The number of hydrogen-bond donors (Lipinski definition) is 0. The molecule has 25 heavy (non-hydrogen) atoms. The van der Waals surface area contributed by atoms with Crippen molar-refractivity contribution in [1.82, 2.24) is 9.80 Å². The van der Waals surface area contributed by atoms with Crippen LogP contribution in [0.1, 0.15) is 44.9 Å². The Balaban J connectivity index is 1.94. The minimum atomic E-state index is -0.148. The Bertz CT molecular complexity index is 658. The number of carbonyl (C=O) groups excluding carboxylic acids is 2. The number of imide groups is 1. The van der Waals surface area contributed by atoms with Crippen molar-refractivity contribution < 1.29 is 14.3 Å². The van der Waals surface area contributed by atoms with Gasteiger partial charge in [0.15, 0.2) is 0 Å². The maximum atomic E-state index is 13.1. The number of thiophene rings is 1. The van der Waals surface area contributed by atoms with Gasteiger partial charge >= 0.3 is 0 Å². The van der Waals surface area contributed by atoms with Crippen LogP contribution in [0.2, 0.25) is 0 Å². The molecule has 1 aromatic rings. The Hall–Kier alpha value is -1.66. The summed E-state index contributed by atoms with van der Waals surface area (Å²) >= 11 is 1.51. The minimum Gasteiger partial charge on any atom is -0.372 e. The molecule has 3 rings (SSSR count). The topological polar surface area (TPSA) is 49.9 Å². The molecule has 2 aliphatic heterocycles. The zero-order chi connectivity index (χ0) is 18.0. The van der Waals surface area contributed by atoms with Crippen LogP contribution in [0.4, 0.5) is 0 Å². The molecule has 0 N–H and O–H groups in total. The summed E-state index contributed by atoms with van der Waals surface area (Å²) in [6.07, 6.45) is 3.02. The molecule has 0 spiro atoms. The zero-order valence-corrected chi connectivity index (χ0v) is 16.0. The SMILES string of the molecule is CCCCCN1C(=O)C(c2cccs2)=C(N2CC(C)OC(C)C2)C1=O. The Morgan fingerprint density at radius 2 is 1.88 bits per heavy atom. The van der Waals surface area contributed by atoms with Crippen molar-refractivity contribution in [1.29, 1.82) is 0 Å². The van der Waals surface area contributed by atoms with Gasteiger partial charge in [0.1, 0.15) is 5.70 Å². The number of hydrogen-bond acceptors (Lipinski definition) is 5. The van der Waals surface area contributed by atoms with Gasteiger partial charge in [0, 0.05) is 24.5 Å². The van der Waals surface area contributed by atoms with E-state index in [2.05, 4.69) is 6.92 Å². The first-order valence-corrected chi connectivity index (χ1v) is 9.95. The summed E-state index contributed by atoms with van der Waals surface area (Å²) in [5.41, 5.74) is 1.13. The molecule has 0 saturated carbocycles. The number of amides is 2. The van der Waals surface area contributed by atoms with Crippen LogP contribution >= 0.6 is 11.3 Å². The highest BCUT2D eigenvalue weighted by molar-refractivity contribution is 7.11. The summed E-state index contributed by atoms with van der Waals surface area (Å²) < 4.78 is 5.80. The van der Waals surface area contributed by atoms with E-state index in [0.29, 0.717) is 30.9 Å². The van der Waals surface area contributed by atoms with Crippen LogP contribution in [0, 0.1) is 0 Å². The van der Waals surface area contributed by atoms with Gasteiger partial charge in [-0.1, -0.05) is 25.8 Å². The van der Waals surface area contributed by atoms with Crippen LogP contribution in [-0.4, -0.2) is 53.5 Å². The Morgan fingerprint density at radius 3 is 2.48 bits per heavy atom. The molecule has 136 valence electrons. The standard InChI is InChI=1S/C19H26N2O3S/c1-4-5-6-9-21-18(22)16(15-8-7-10-25-15)17(19(21)23)20-11-13(2)24-14(3)12-20/h7-8,10,13-14H,4-6,9,11-12H2,1-3H3. The lowest BCUT2D eigenvalue weighted by Gasteiger charge is -2.37. The quantitative estimate of drug-likeness (QED) is 0.576. The summed E-state index contributed by atoms with van der Waals surface area (Å²) in [4.78, 5) is 30.5. The van der Waals surface area contributed by atoms with Gasteiger partial charge in [-0.05, 0) is 31.7 Å². The van der Waals surface area contributed by atoms with Crippen LogP contribution < -0.4 is 0 Å². The van der Waals surface area contributed by atoms with Crippen molar-refractivity contribution in [2.45, 2.75) is 52.2 Å².